The van der Waals surface area contributed by atoms with E-state index < -0.39 is 11.7 Å². The number of fused-ring (bicyclic) bond motifs is 1. The maximum absolute atomic E-state index is 13.1. The molecule has 1 aromatic carbocycles. The first kappa shape index (κ1) is 17.6. The van der Waals surface area contributed by atoms with Gasteiger partial charge in [-0.25, -0.2) is 4.39 Å². The van der Waals surface area contributed by atoms with Crippen LogP contribution in [0.1, 0.15) is 20.8 Å². The van der Waals surface area contributed by atoms with Gasteiger partial charge in [-0.05, 0) is 41.6 Å². The van der Waals surface area contributed by atoms with E-state index in [1.807, 2.05) is 0 Å². The number of amides is 2. The first-order chi connectivity index (χ1) is 12.1. The van der Waals surface area contributed by atoms with Gasteiger partial charge in [-0.1, -0.05) is 6.07 Å². The lowest BCUT2D eigenvalue weighted by molar-refractivity contribution is -0.120. The van der Waals surface area contributed by atoms with E-state index in [0.717, 1.165) is 32.1 Å². The molecule has 0 aliphatic carbocycles. The van der Waals surface area contributed by atoms with Gasteiger partial charge < -0.3 is 10.6 Å². The molecule has 1 aliphatic heterocycles. The fraction of sp³-hybridized carbons (Fsp3) is 0.333. The summed E-state index contributed by atoms with van der Waals surface area (Å²) < 4.78 is 13.1. The number of thiophene rings is 1. The number of nitrogens with zero attached hydrogens (tertiary/aromatic N) is 1. The predicted octanol–water partition coefficient (Wildman–Crippen LogP) is 1.79. The number of halogens is 1. The summed E-state index contributed by atoms with van der Waals surface area (Å²) in [6.45, 7) is 3.11. The standard InChI is InChI=1S/C18H20FN3O2S/c19-15-3-1-2-13(10-15)18(24)21-11-17(23)20-6-8-22-7-4-16-14(12-22)5-9-25-16/h1-3,5,9-10H,4,6-8,11-12H2,(H,20,23)(H,21,24). The Labute approximate surface area is 149 Å². The van der Waals surface area contributed by atoms with Crippen molar-refractivity contribution >= 4 is 23.2 Å². The molecule has 1 aliphatic rings. The maximum atomic E-state index is 13.1. The number of carbonyl (C=O) groups excluding carboxylic acids is 2. The molecular weight excluding hydrogens is 341 g/mol. The number of benzene rings is 1. The molecule has 132 valence electrons. The van der Waals surface area contributed by atoms with Crippen molar-refractivity contribution in [2.45, 2.75) is 13.0 Å². The third-order valence-electron chi connectivity index (χ3n) is 4.13. The highest BCUT2D eigenvalue weighted by Crippen LogP contribution is 2.23. The van der Waals surface area contributed by atoms with Crippen LogP contribution in [0, 0.1) is 5.82 Å². The van der Waals surface area contributed by atoms with Crippen molar-refractivity contribution in [1.29, 1.82) is 0 Å². The predicted molar refractivity (Wildman–Crippen MR) is 95.0 cm³/mol. The largest absolute Gasteiger partial charge is 0.353 e. The van der Waals surface area contributed by atoms with Crippen molar-refractivity contribution < 1.29 is 14.0 Å². The molecule has 7 heteroatoms. The summed E-state index contributed by atoms with van der Waals surface area (Å²) in [7, 11) is 0. The van der Waals surface area contributed by atoms with Crippen LogP contribution < -0.4 is 10.6 Å². The first-order valence-electron chi connectivity index (χ1n) is 8.20. The lowest BCUT2D eigenvalue weighted by Crippen LogP contribution is -2.41. The average Bonchev–Trinajstić information content (AvgIpc) is 3.07. The highest BCUT2D eigenvalue weighted by Gasteiger charge is 2.16. The molecule has 0 saturated heterocycles. The molecule has 25 heavy (non-hydrogen) atoms. The zero-order chi connectivity index (χ0) is 17.6. The second-order valence-corrected chi connectivity index (χ2v) is 6.94. The van der Waals surface area contributed by atoms with E-state index in [4.69, 9.17) is 0 Å². The van der Waals surface area contributed by atoms with Gasteiger partial charge in [-0.15, -0.1) is 11.3 Å². The molecule has 0 saturated carbocycles. The Balaban J connectivity index is 1.35. The average molecular weight is 361 g/mol. The fourth-order valence-electron chi connectivity index (χ4n) is 2.81. The fourth-order valence-corrected chi connectivity index (χ4v) is 3.70. The van der Waals surface area contributed by atoms with Gasteiger partial charge in [0.25, 0.3) is 5.91 Å². The van der Waals surface area contributed by atoms with Gasteiger partial charge in [-0.2, -0.15) is 0 Å². The van der Waals surface area contributed by atoms with Crippen LogP contribution in [-0.2, 0) is 17.8 Å². The second-order valence-electron chi connectivity index (χ2n) is 5.94. The molecule has 0 bridgehead atoms. The quantitative estimate of drug-likeness (QED) is 0.825. The van der Waals surface area contributed by atoms with Crippen LogP contribution in [0.15, 0.2) is 35.7 Å². The first-order valence-corrected chi connectivity index (χ1v) is 9.08. The van der Waals surface area contributed by atoms with Gasteiger partial charge in [0.15, 0.2) is 0 Å². The topological polar surface area (TPSA) is 61.4 Å². The lowest BCUT2D eigenvalue weighted by Gasteiger charge is -2.26. The summed E-state index contributed by atoms with van der Waals surface area (Å²) in [5.74, 6) is -1.19. The number of rotatable bonds is 6. The Morgan fingerprint density at radius 3 is 2.96 bits per heavy atom. The van der Waals surface area contributed by atoms with Crippen LogP contribution in [0.5, 0.6) is 0 Å². The summed E-state index contributed by atoms with van der Waals surface area (Å²) in [6.07, 6.45) is 1.06. The molecule has 3 rings (SSSR count). The van der Waals surface area contributed by atoms with E-state index in [2.05, 4.69) is 27.0 Å². The zero-order valence-corrected chi connectivity index (χ0v) is 14.6. The van der Waals surface area contributed by atoms with E-state index >= 15 is 0 Å². The van der Waals surface area contributed by atoms with Crippen LogP contribution in [0.2, 0.25) is 0 Å². The van der Waals surface area contributed by atoms with E-state index in [-0.39, 0.29) is 18.0 Å². The van der Waals surface area contributed by atoms with Crippen LogP contribution in [0.25, 0.3) is 0 Å². The summed E-state index contributed by atoms with van der Waals surface area (Å²) in [4.78, 5) is 27.4. The Hall–Kier alpha value is -2.25. The van der Waals surface area contributed by atoms with Crippen LogP contribution >= 0.6 is 11.3 Å². The molecule has 0 atom stereocenters. The molecule has 1 aromatic heterocycles. The molecule has 0 radical (unpaired) electrons. The molecule has 2 heterocycles. The minimum atomic E-state index is -0.479. The number of hydrogen-bond donors (Lipinski definition) is 2. The molecule has 5 nitrogen and oxygen atoms in total. The molecule has 2 aromatic rings. The molecule has 0 unspecified atom stereocenters. The summed E-state index contributed by atoms with van der Waals surface area (Å²) in [5.41, 5.74) is 1.58. The zero-order valence-electron chi connectivity index (χ0n) is 13.8. The SMILES string of the molecule is O=C(CNC(=O)c1cccc(F)c1)NCCN1CCc2sccc2C1. The molecular formula is C18H20FN3O2S. The van der Waals surface area contributed by atoms with Crippen molar-refractivity contribution in [3.05, 3.63) is 57.5 Å². The Bertz CT molecular complexity index is 762. The Kier molecular flexibility index (Phi) is 5.78. The highest BCUT2D eigenvalue weighted by molar-refractivity contribution is 7.10. The molecule has 2 N–H and O–H groups in total. The van der Waals surface area contributed by atoms with Gasteiger partial charge in [0, 0.05) is 36.6 Å². The van der Waals surface area contributed by atoms with Gasteiger partial charge in [-0.3, -0.25) is 14.5 Å². The van der Waals surface area contributed by atoms with Gasteiger partial charge in [0.1, 0.15) is 5.82 Å². The van der Waals surface area contributed by atoms with E-state index in [0.29, 0.717) is 6.54 Å². The molecule has 0 fully saturated rings. The van der Waals surface area contributed by atoms with Gasteiger partial charge in [0.05, 0.1) is 6.54 Å². The maximum Gasteiger partial charge on any atom is 0.251 e. The van der Waals surface area contributed by atoms with Crippen LogP contribution in [0.3, 0.4) is 0 Å². The number of nitrogens with one attached hydrogen (secondary N) is 2. The monoisotopic (exact) mass is 361 g/mol. The number of carbonyl (C=O) groups is 2. The lowest BCUT2D eigenvalue weighted by atomic mass is 10.1. The minimum absolute atomic E-state index is 0.121. The normalized spacial score (nSPS) is 14.0. The summed E-state index contributed by atoms with van der Waals surface area (Å²) in [6, 6.07) is 7.53. The van der Waals surface area contributed by atoms with Gasteiger partial charge in [0.2, 0.25) is 5.91 Å². The van der Waals surface area contributed by atoms with Crippen molar-refractivity contribution in [2.24, 2.45) is 0 Å². The van der Waals surface area contributed by atoms with Crippen molar-refractivity contribution in [3.8, 4) is 0 Å². The van der Waals surface area contributed by atoms with Crippen LogP contribution in [0.4, 0.5) is 4.39 Å². The van der Waals surface area contributed by atoms with Gasteiger partial charge >= 0.3 is 0 Å². The molecule has 2 amide bonds. The van der Waals surface area contributed by atoms with Crippen LogP contribution in [-0.4, -0.2) is 42.9 Å². The summed E-state index contributed by atoms with van der Waals surface area (Å²) >= 11 is 1.80. The highest BCUT2D eigenvalue weighted by atomic mass is 32.1. The van der Waals surface area contributed by atoms with Crippen molar-refractivity contribution in [1.82, 2.24) is 15.5 Å². The molecule has 0 spiro atoms. The van der Waals surface area contributed by atoms with Crippen molar-refractivity contribution in [3.63, 3.8) is 0 Å². The smallest absolute Gasteiger partial charge is 0.251 e. The second kappa shape index (κ2) is 8.22. The van der Waals surface area contributed by atoms with Crippen molar-refractivity contribution in [2.75, 3.05) is 26.2 Å². The summed E-state index contributed by atoms with van der Waals surface area (Å²) in [5, 5.41) is 7.42. The third-order valence-corrected chi connectivity index (χ3v) is 5.16. The number of hydrogen-bond acceptors (Lipinski definition) is 4. The Morgan fingerprint density at radius 2 is 2.12 bits per heavy atom. The van der Waals surface area contributed by atoms with E-state index in [9.17, 15) is 14.0 Å². The third kappa shape index (κ3) is 4.87. The Morgan fingerprint density at radius 1 is 1.24 bits per heavy atom. The minimum Gasteiger partial charge on any atom is -0.353 e. The van der Waals surface area contributed by atoms with E-state index in [1.165, 1.54) is 28.6 Å². The van der Waals surface area contributed by atoms with E-state index in [1.54, 1.807) is 11.3 Å².